The van der Waals surface area contributed by atoms with Crippen molar-refractivity contribution >= 4 is 88.6 Å². The van der Waals surface area contributed by atoms with Crippen LogP contribution in [0.3, 0.4) is 0 Å². The first kappa shape index (κ1) is 34.5. The van der Waals surface area contributed by atoms with Crippen LogP contribution in [0.5, 0.6) is 0 Å². The Balaban J connectivity index is 1.19. The third-order valence-corrected chi connectivity index (χ3v) is 12.8. The summed E-state index contributed by atoms with van der Waals surface area (Å²) in [5, 5.41) is 9.79. The van der Waals surface area contributed by atoms with Crippen LogP contribution in [0.25, 0.3) is 43.1 Å². The molecular formula is C56H42N4. The number of rotatable bonds is 5. The molecule has 12 rings (SSSR count). The predicted octanol–water partition coefficient (Wildman–Crippen LogP) is 14.8. The average molecular weight is 771 g/mol. The van der Waals surface area contributed by atoms with E-state index in [4.69, 9.17) is 0 Å². The molecule has 0 bridgehead atoms. The highest BCUT2D eigenvalue weighted by atomic mass is 15.5. The second-order valence-corrected chi connectivity index (χ2v) is 16.3. The smallest absolute Gasteiger partial charge is 0.151 e. The van der Waals surface area contributed by atoms with Gasteiger partial charge in [-0.2, -0.15) is 0 Å². The highest BCUT2D eigenvalue weighted by Gasteiger charge is 2.52. The molecule has 10 aromatic carbocycles. The van der Waals surface area contributed by atoms with Crippen molar-refractivity contribution in [2.45, 2.75) is 26.2 Å². The summed E-state index contributed by atoms with van der Waals surface area (Å²) in [7, 11) is 0. The van der Waals surface area contributed by atoms with Gasteiger partial charge in [-0.1, -0.05) is 146 Å². The van der Waals surface area contributed by atoms with E-state index in [1.165, 1.54) is 77.0 Å². The summed E-state index contributed by atoms with van der Waals surface area (Å²) in [6.07, 6.45) is -0.513. The number of aryl methyl sites for hydroxylation is 2. The molecule has 0 radical (unpaired) electrons. The average Bonchev–Trinajstić information content (AvgIpc) is 3.83. The molecule has 2 unspecified atom stereocenters. The minimum atomic E-state index is -0.256. The van der Waals surface area contributed by atoms with Crippen LogP contribution < -0.4 is 19.6 Å². The first-order valence-corrected chi connectivity index (χ1v) is 20.9. The SMILES string of the molecule is Cc1cccc2c1N(c1ccc3ccccc3c1)C(C1N(c3ccc4ccccc4c3)c3cccc(C)c3N1c1ccc3ccccc3c1)N2c1ccc2ccccc2c1. The molecule has 0 fully saturated rings. The van der Waals surface area contributed by atoms with Crippen molar-refractivity contribution in [3.63, 3.8) is 0 Å². The number of fused-ring (bicyclic) bond motifs is 6. The maximum absolute atomic E-state index is 2.64. The molecule has 0 saturated heterocycles. The van der Waals surface area contributed by atoms with Gasteiger partial charge in [0.05, 0.1) is 22.7 Å². The summed E-state index contributed by atoms with van der Waals surface area (Å²) in [5.41, 5.74) is 11.9. The first-order chi connectivity index (χ1) is 29.6. The number of benzene rings is 10. The van der Waals surface area contributed by atoms with Gasteiger partial charge in [0.1, 0.15) is 0 Å². The van der Waals surface area contributed by atoms with Crippen molar-refractivity contribution in [3.05, 3.63) is 217 Å². The molecule has 0 N–H and O–H groups in total. The highest BCUT2D eigenvalue weighted by molar-refractivity contribution is 6.00. The molecule has 2 heterocycles. The maximum Gasteiger partial charge on any atom is 0.151 e. The van der Waals surface area contributed by atoms with Crippen LogP contribution in [0.2, 0.25) is 0 Å². The largest absolute Gasteiger partial charge is 0.314 e. The van der Waals surface area contributed by atoms with Crippen molar-refractivity contribution in [1.82, 2.24) is 0 Å². The van der Waals surface area contributed by atoms with E-state index < -0.39 is 0 Å². The van der Waals surface area contributed by atoms with Crippen molar-refractivity contribution < 1.29 is 0 Å². The lowest BCUT2D eigenvalue weighted by molar-refractivity contribution is 0.550. The third-order valence-electron chi connectivity index (χ3n) is 12.8. The summed E-state index contributed by atoms with van der Waals surface area (Å²) >= 11 is 0. The molecule has 10 aromatic rings. The van der Waals surface area contributed by atoms with Crippen LogP contribution in [0.15, 0.2) is 206 Å². The van der Waals surface area contributed by atoms with Crippen molar-refractivity contribution in [1.29, 1.82) is 0 Å². The topological polar surface area (TPSA) is 13.0 Å². The van der Waals surface area contributed by atoms with Crippen molar-refractivity contribution in [2.75, 3.05) is 19.6 Å². The Morgan fingerprint density at radius 2 is 0.550 bits per heavy atom. The molecule has 60 heavy (non-hydrogen) atoms. The fourth-order valence-corrected chi connectivity index (χ4v) is 10.1. The highest BCUT2D eigenvalue weighted by Crippen LogP contribution is 2.57. The summed E-state index contributed by atoms with van der Waals surface area (Å²) in [5.74, 6) is 0. The Kier molecular flexibility index (Phi) is 7.76. The minimum Gasteiger partial charge on any atom is -0.314 e. The molecule has 4 nitrogen and oxygen atoms in total. The van der Waals surface area contributed by atoms with E-state index in [2.05, 4.69) is 240 Å². The molecule has 0 amide bonds. The number of para-hydroxylation sites is 2. The van der Waals surface area contributed by atoms with Crippen LogP contribution in [0.4, 0.5) is 45.5 Å². The molecule has 286 valence electrons. The van der Waals surface area contributed by atoms with Gasteiger partial charge >= 0.3 is 0 Å². The van der Waals surface area contributed by atoms with Gasteiger partial charge in [0.2, 0.25) is 0 Å². The van der Waals surface area contributed by atoms with Crippen LogP contribution in [-0.4, -0.2) is 12.3 Å². The number of hydrogen-bond donors (Lipinski definition) is 0. The predicted molar refractivity (Wildman–Crippen MR) is 254 cm³/mol. The lowest BCUT2D eigenvalue weighted by atomic mass is 10.1. The van der Waals surface area contributed by atoms with Gasteiger partial charge in [0, 0.05) is 22.7 Å². The van der Waals surface area contributed by atoms with Crippen molar-refractivity contribution in [2.24, 2.45) is 0 Å². The summed E-state index contributed by atoms with van der Waals surface area (Å²) in [6.45, 7) is 4.53. The number of nitrogens with zero attached hydrogens (tertiary/aromatic N) is 4. The Labute approximate surface area is 350 Å². The van der Waals surface area contributed by atoms with E-state index in [1.807, 2.05) is 0 Å². The summed E-state index contributed by atoms with van der Waals surface area (Å²) in [6, 6.07) is 76.4. The van der Waals surface area contributed by atoms with E-state index in [1.54, 1.807) is 0 Å². The monoisotopic (exact) mass is 770 g/mol. The zero-order valence-electron chi connectivity index (χ0n) is 33.6. The molecule has 0 aromatic heterocycles. The zero-order chi connectivity index (χ0) is 39.9. The standard InChI is InChI=1S/C56H42N4/c1-37-13-11-23-51-53(37)59(49-31-27-41-17-5-9-21-45(41)35-49)55(57(51)47-29-25-39-15-3-7-19-43(39)33-47)56-58(48-30-26-40-16-4-8-20-44(40)34-48)52-24-12-14-38(2)54(52)60(56)50-32-28-42-18-6-10-22-46(42)36-50/h3-36,55-56H,1-2H3. The van der Waals surface area contributed by atoms with Gasteiger partial charge in [-0.3, -0.25) is 0 Å². The van der Waals surface area contributed by atoms with Crippen LogP contribution in [0, 0.1) is 13.8 Å². The second kappa shape index (κ2) is 13.5. The van der Waals surface area contributed by atoms with E-state index in [-0.39, 0.29) is 12.3 Å². The van der Waals surface area contributed by atoms with E-state index >= 15 is 0 Å². The normalized spacial score (nSPS) is 16.0. The first-order valence-electron chi connectivity index (χ1n) is 20.9. The fraction of sp³-hybridized carbons (Fsp3) is 0.0714. The van der Waals surface area contributed by atoms with E-state index in [9.17, 15) is 0 Å². The molecule has 2 aliphatic rings. The van der Waals surface area contributed by atoms with E-state index in [0.29, 0.717) is 0 Å². The lowest BCUT2D eigenvalue weighted by Gasteiger charge is -2.45. The van der Waals surface area contributed by atoms with Gasteiger partial charge < -0.3 is 19.6 Å². The van der Waals surface area contributed by atoms with Gasteiger partial charge in [-0.15, -0.1) is 0 Å². The van der Waals surface area contributed by atoms with E-state index in [0.717, 1.165) is 22.7 Å². The molecule has 0 saturated carbocycles. The maximum atomic E-state index is 2.64. The van der Waals surface area contributed by atoms with Gasteiger partial charge in [0.15, 0.2) is 12.3 Å². The quantitative estimate of drug-likeness (QED) is 0.173. The van der Waals surface area contributed by atoms with Crippen molar-refractivity contribution in [3.8, 4) is 0 Å². The van der Waals surface area contributed by atoms with Crippen LogP contribution in [0.1, 0.15) is 11.1 Å². The summed E-state index contributed by atoms with van der Waals surface area (Å²) in [4.78, 5) is 10.5. The molecular weight excluding hydrogens is 729 g/mol. The second-order valence-electron chi connectivity index (χ2n) is 16.3. The molecule has 2 atom stereocenters. The lowest BCUT2D eigenvalue weighted by Crippen LogP contribution is -2.58. The van der Waals surface area contributed by atoms with Gasteiger partial charge in [-0.25, -0.2) is 0 Å². The molecule has 0 spiro atoms. The Hall–Kier alpha value is -7.56. The molecule has 4 heteroatoms. The zero-order valence-corrected chi connectivity index (χ0v) is 33.6. The summed E-state index contributed by atoms with van der Waals surface area (Å²) < 4.78 is 0. The molecule has 2 aliphatic heterocycles. The Morgan fingerprint density at radius 1 is 0.267 bits per heavy atom. The van der Waals surface area contributed by atoms with Gasteiger partial charge in [-0.05, 0) is 129 Å². The Bertz CT molecular complexity index is 3090. The third kappa shape index (κ3) is 5.31. The van der Waals surface area contributed by atoms with Crippen LogP contribution in [-0.2, 0) is 0 Å². The fourth-order valence-electron chi connectivity index (χ4n) is 10.1. The van der Waals surface area contributed by atoms with Gasteiger partial charge in [0.25, 0.3) is 0 Å². The number of hydrogen-bond acceptors (Lipinski definition) is 4. The van der Waals surface area contributed by atoms with Crippen LogP contribution >= 0.6 is 0 Å². The molecule has 0 aliphatic carbocycles. The minimum absolute atomic E-state index is 0.256. The number of anilines is 8. The Morgan fingerprint density at radius 3 is 0.867 bits per heavy atom.